The van der Waals surface area contributed by atoms with Gasteiger partial charge in [0.2, 0.25) is 0 Å². The first-order valence-corrected chi connectivity index (χ1v) is 8.06. The van der Waals surface area contributed by atoms with Crippen LogP contribution >= 0.6 is 0 Å². The number of hydrogen-bond donors (Lipinski definition) is 1. The number of morpholine rings is 1. The van der Waals surface area contributed by atoms with Gasteiger partial charge in [0.25, 0.3) is 6.04 Å². The number of nitrogens with one attached hydrogen (secondary N) is 1. The van der Waals surface area contributed by atoms with Crippen molar-refractivity contribution in [2.75, 3.05) is 31.6 Å². The molecule has 0 spiro atoms. The summed E-state index contributed by atoms with van der Waals surface area (Å²) in [6.45, 7) is 2.49. The largest absolute Gasteiger partial charge is 0.379 e. The quantitative estimate of drug-likeness (QED) is 0.679. The third-order valence-electron chi connectivity index (χ3n) is 4.69. The summed E-state index contributed by atoms with van der Waals surface area (Å²) >= 11 is 0. The SMILES string of the molecule is O=[N+]([O-])C1C(c2ccccc2)Nc2ccnn2C1N1CCOCC1. The Labute approximate surface area is 139 Å². The van der Waals surface area contributed by atoms with Gasteiger partial charge in [0.05, 0.1) is 19.4 Å². The molecule has 8 nitrogen and oxygen atoms in total. The van der Waals surface area contributed by atoms with Crippen LogP contribution in [-0.2, 0) is 4.74 Å². The van der Waals surface area contributed by atoms with Crippen molar-refractivity contribution in [3.63, 3.8) is 0 Å². The van der Waals surface area contributed by atoms with Crippen LogP contribution < -0.4 is 5.32 Å². The van der Waals surface area contributed by atoms with E-state index in [1.54, 1.807) is 10.9 Å². The van der Waals surface area contributed by atoms with Crippen molar-refractivity contribution in [3.8, 4) is 0 Å². The monoisotopic (exact) mass is 329 g/mol. The lowest BCUT2D eigenvalue weighted by atomic mass is 9.94. The van der Waals surface area contributed by atoms with Crippen molar-refractivity contribution in [3.05, 3.63) is 58.3 Å². The van der Waals surface area contributed by atoms with Gasteiger partial charge in [-0.05, 0) is 5.56 Å². The zero-order valence-electron chi connectivity index (χ0n) is 13.1. The highest BCUT2D eigenvalue weighted by atomic mass is 16.6. The van der Waals surface area contributed by atoms with Crippen molar-refractivity contribution in [2.45, 2.75) is 18.2 Å². The molecular formula is C16H19N5O3. The van der Waals surface area contributed by atoms with Gasteiger partial charge in [-0.1, -0.05) is 30.3 Å². The third kappa shape index (κ3) is 2.53. The molecule has 0 aliphatic carbocycles. The summed E-state index contributed by atoms with van der Waals surface area (Å²) in [7, 11) is 0. The standard InChI is InChI=1S/C16H19N5O3/c22-21(23)15-14(12-4-2-1-3-5-12)18-13-6-7-17-20(13)16(15)19-8-10-24-11-9-19/h1-7,14-16,18H,8-11H2. The van der Waals surface area contributed by atoms with Gasteiger partial charge in [-0.25, -0.2) is 4.68 Å². The molecule has 0 saturated carbocycles. The average molecular weight is 329 g/mol. The van der Waals surface area contributed by atoms with Gasteiger partial charge < -0.3 is 10.1 Å². The molecule has 2 aliphatic heterocycles. The highest BCUT2D eigenvalue weighted by Gasteiger charge is 2.49. The number of ether oxygens (including phenoxy) is 1. The highest BCUT2D eigenvalue weighted by molar-refractivity contribution is 5.42. The number of hydrogen-bond acceptors (Lipinski definition) is 6. The Balaban J connectivity index is 1.78. The summed E-state index contributed by atoms with van der Waals surface area (Å²) in [5.41, 5.74) is 0.907. The Morgan fingerprint density at radius 1 is 1.21 bits per heavy atom. The number of nitrogens with zero attached hydrogens (tertiary/aromatic N) is 4. The second-order valence-electron chi connectivity index (χ2n) is 6.03. The number of aromatic nitrogens is 2. The van der Waals surface area contributed by atoms with E-state index >= 15 is 0 Å². The Bertz CT molecular complexity index is 714. The van der Waals surface area contributed by atoms with Crippen LogP contribution in [0.2, 0.25) is 0 Å². The van der Waals surface area contributed by atoms with E-state index in [0.717, 1.165) is 11.4 Å². The van der Waals surface area contributed by atoms with E-state index in [0.29, 0.717) is 26.3 Å². The zero-order valence-corrected chi connectivity index (χ0v) is 13.1. The number of anilines is 1. The van der Waals surface area contributed by atoms with E-state index in [4.69, 9.17) is 4.74 Å². The molecule has 2 aromatic rings. The Morgan fingerprint density at radius 2 is 1.96 bits per heavy atom. The zero-order chi connectivity index (χ0) is 16.5. The summed E-state index contributed by atoms with van der Waals surface area (Å²) in [6.07, 6.45) is 1.25. The molecule has 3 heterocycles. The molecule has 4 rings (SSSR count). The van der Waals surface area contributed by atoms with Crippen LogP contribution in [0.4, 0.5) is 5.82 Å². The summed E-state index contributed by atoms with van der Waals surface area (Å²) in [4.78, 5) is 13.9. The Kier molecular flexibility index (Phi) is 3.91. The minimum absolute atomic E-state index is 0.185. The van der Waals surface area contributed by atoms with Crippen molar-refractivity contribution >= 4 is 5.82 Å². The first-order valence-electron chi connectivity index (χ1n) is 8.06. The first kappa shape index (κ1) is 15.1. The lowest BCUT2D eigenvalue weighted by Gasteiger charge is -2.41. The fourth-order valence-corrected chi connectivity index (χ4v) is 3.59. The smallest absolute Gasteiger partial charge is 0.272 e. The van der Waals surface area contributed by atoms with Crippen LogP contribution in [0.1, 0.15) is 17.8 Å². The van der Waals surface area contributed by atoms with E-state index in [1.807, 2.05) is 36.4 Å². The molecule has 0 radical (unpaired) electrons. The van der Waals surface area contributed by atoms with Gasteiger partial charge in [-0.2, -0.15) is 5.10 Å². The molecule has 2 aliphatic rings. The lowest BCUT2D eigenvalue weighted by Crippen LogP contribution is -2.54. The maximum Gasteiger partial charge on any atom is 0.272 e. The maximum atomic E-state index is 12.0. The van der Waals surface area contributed by atoms with Crippen LogP contribution in [0.3, 0.4) is 0 Å². The highest BCUT2D eigenvalue weighted by Crippen LogP contribution is 2.38. The molecule has 3 atom stereocenters. The van der Waals surface area contributed by atoms with Crippen LogP contribution in [-0.4, -0.2) is 51.9 Å². The van der Waals surface area contributed by atoms with Crippen LogP contribution in [0.15, 0.2) is 42.6 Å². The summed E-state index contributed by atoms with van der Waals surface area (Å²) in [6, 6.07) is 10.2. The van der Waals surface area contributed by atoms with Gasteiger partial charge in [-0.15, -0.1) is 0 Å². The molecule has 1 aromatic carbocycles. The van der Waals surface area contributed by atoms with E-state index in [9.17, 15) is 10.1 Å². The predicted molar refractivity (Wildman–Crippen MR) is 87.2 cm³/mol. The molecule has 1 saturated heterocycles. The molecule has 0 amide bonds. The van der Waals surface area contributed by atoms with Gasteiger partial charge in [0.15, 0.2) is 6.17 Å². The predicted octanol–water partition coefficient (Wildman–Crippen LogP) is 1.53. The molecule has 0 bridgehead atoms. The molecule has 24 heavy (non-hydrogen) atoms. The van der Waals surface area contributed by atoms with Crippen LogP contribution in [0.25, 0.3) is 0 Å². The van der Waals surface area contributed by atoms with Crippen LogP contribution in [0.5, 0.6) is 0 Å². The molecule has 3 unspecified atom stereocenters. The first-order chi connectivity index (χ1) is 11.8. The summed E-state index contributed by atoms with van der Waals surface area (Å²) < 4.78 is 7.14. The molecule has 126 valence electrons. The van der Waals surface area contributed by atoms with Crippen LogP contribution in [0, 0.1) is 10.1 Å². The fourth-order valence-electron chi connectivity index (χ4n) is 3.59. The second-order valence-corrected chi connectivity index (χ2v) is 6.03. The number of benzene rings is 1. The van der Waals surface area contributed by atoms with E-state index in [1.165, 1.54) is 0 Å². The number of nitro groups is 1. The van der Waals surface area contributed by atoms with Crippen molar-refractivity contribution in [2.24, 2.45) is 0 Å². The normalized spacial score (nSPS) is 27.2. The van der Waals surface area contributed by atoms with Crippen molar-refractivity contribution in [1.29, 1.82) is 0 Å². The molecule has 8 heteroatoms. The number of rotatable bonds is 3. The van der Waals surface area contributed by atoms with Gasteiger partial charge in [0, 0.05) is 24.1 Å². The van der Waals surface area contributed by atoms with E-state index in [2.05, 4.69) is 15.3 Å². The number of fused-ring (bicyclic) bond motifs is 1. The summed E-state index contributed by atoms with van der Waals surface area (Å²) in [5.74, 6) is 0.804. The van der Waals surface area contributed by atoms with Crippen molar-refractivity contribution in [1.82, 2.24) is 14.7 Å². The molecule has 1 aromatic heterocycles. The van der Waals surface area contributed by atoms with Gasteiger partial charge >= 0.3 is 0 Å². The minimum Gasteiger partial charge on any atom is -0.379 e. The maximum absolute atomic E-state index is 12.0. The summed E-state index contributed by atoms with van der Waals surface area (Å²) in [5, 5.41) is 19.6. The molecule has 1 N–H and O–H groups in total. The van der Waals surface area contributed by atoms with E-state index < -0.39 is 18.2 Å². The fraction of sp³-hybridized carbons (Fsp3) is 0.438. The Morgan fingerprint density at radius 3 is 2.67 bits per heavy atom. The minimum atomic E-state index is -0.835. The Hall–Kier alpha value is -2.45. The third-order valence-corrected chi connectivity index (χ3v) is 4.69. The topological polar surface area (TPSA) is 85.5 Å². The average Bonchev–Trinajstić information content (AvgIpc) is 3.09. The second kappa shape index (κ2) is 6.21. The van der Waals surface area contributed by atoms with E-state index in [-0.39, 0.29) is 4.92 Å². The van der Waals surface area contributed by atoms with Gasteiger partial charge in [-0.3, -0.25) is 15.0 Å². The lowest BCUT2D eigenvalue weighted by molar-refractivity contribution is -0.541. The molecular weight excluding hydrogens is 310 g/mol. The van der Waals surface area contributed by atoms with Gasteiger partial charge in [0.1, 0.15) is 11.9 Å². The van der Waals surface area contributed by atoms with Crippen molar-refractivity contribution < 1.29 is 9.66 Å². The molecule has 1 fully saturated rings.